The van der Waals surface area contributed by atoms with Gasteiger partial charge in [0.1, 0.15) is 4.90 Å². The number of carbonyl (C=O) groups is 1. The molecule has 78 valence electrons. The van der Waals surface area contributed by atoms with Gasteiger partial charge in [0, 0.05) is 6.20 Å². The average Bonchev–Trinajstić information content (AvgIpc) is 2.47. The maximum atomic E-state index is 10.8. The zero-order chi connectivity index (χ0) is 10.8. The predicted octanol–water partition coefficient (Wildman–Crippen LogP) is -0.995. The molecule has 0 aliphatic rings. The van der Waals surface area contributed by atoms with Crippen LogP contribution in [0.15, 0.2) is 17.3 Å². The molecule has 7 nitrogen and oxygen atoms in total. The molecule has 0 radical (unpaired) electrons. The highest BCUT2D eigenvalue weighted by atomic mass is 32.2. The minimum Gasteiger partial charge on any atom is -0.481 e. The Bertz CT molecular complexity index is 436. The van der Waals surface area contributed by atoms with E-state index in [1.165, 1.54) is 10.9 Å². The van der Waals surface area contributed by atoms with E-state index in [0.717, 1.165) is 6.20 Å². The number of aryl methyl sites for hydroxylation is 1. The van der Waals surface area contributed by atoms with E-state index in [9.17, 15) is 13.2 Å². The quantitative estimate of drug-likeness (QED) is 0.674. The van der Waals surface area contributed by atoms with Gasteiger partial charge < -0.3 is 5.11 Å². The lowest BCUT2D eigenvalue weighted by Crippen LogP contribution is -2.11. The molecule has 0 aliphatic carbocycles. The van der Waals surface area contributed by atoms with Crippen LogP contribution in [-0.4, -0.2) is 29.3 Å². The van der Waals surface area contributed by atoms with E-state index in [-0.39, 0.29) is 17.9 Å². The summed E-state index contributed by atoms with van der Waals surface area (Å²) in [6.07, 6.45) is 2.15. The van der Waals surface area contributed by atoms with Crippen molar-refractivity contribution >= 4 is 16.0 Å². The second kappa shape index (κ2) is 3.76. The molecule has 1 heterocycles. The molecule has 0 atom stereocenters. The van der Waals surface area contributed by atoms with Crippen LogP contribution in [0.3, 0.4) is 0 Å². The predicted molar refractivity (Wildman–Crippen MR) is 45.9 cm³/mol. The molecule has 0 fully saturated rings. The first-order valence-electron chi connectivity index (χ1n) is 3.66. The highest BCUT2D eigenvalue weighted by molar-refractivity contribution is 7.89. The third-order valence-electron chi connectivity index (χ3n) is 1.49. The Kier molecular flexibility index (Phi) is 2.87. The average molecular weight is 219 g/mol. The molecule has 3 N–H and O–H groups in total. The van der Waals surface area contributed by atoms with Gasteiger partial charge in [0.25, 0.3) is 0 Å². The monoisotopic (exact) mass is 219 g/mol. The third-order valence-corrected chi connectivity index (χ3v) is 2.36. The van der Waals surface area contributed by atoms with Gasteiger partial charge in [-0.3, -0.25) is 9.48 Å². The van der Waals surface area contributed by atoms with Crippen LogP contribution in [0.5, 0.6) is 0 Å². The van der Waals surface area contributed by atoms with Crippen molar-refractivity contribution in [2.45, 2.75) is 17.9 Å². The van der Waals surface area contributed by atoms with Crippen molar-refractivity contribution in [2.24, 2.45) is 5.14 Å². The van der Waals surface area contributed by atoms with Crippen LogP contribution in [0, 0.1) is 0 Å². The first-order chi connectivity index (χ1) is 6.39. The van der Waals surface area contributed by atoms with Crippen LogP contribution in [0.1, 0.15) is 6.42 Å². The molecule has 0 saturated carbocycles. The fourth-order valence-corrected chi connectivity index (χ4v) is 1.29. The maximum Gasteiger partial charge on any atom is 0.305 e. The number of hydrogen-bond acceptors (Lipinski definition) is 4. The lowest BCUT2D eigenvalue weighted by Gasteiger charge is -1.95. The summed E-state index contributed by atoms with van der Waals surface area (Å²) < 4.78 is 22.8. The summed E-state index contributed by atoms with van der Waals surface area (Å²) in [7, 11) is -3.75. The minimum atomic E-state index is -3.75. The van der Waals surface area contributed by atoms with E-state index in [4.69, 9.17) is 10.2 Å². The number of aromatic nitrogens is 2. The van der Waals surface area contributed by atoms with Gasteiger partial charge in [-0.2, -0.15) is 5.10 Å². The smallest absolute Gasteiger partial charge is 0.305 e. The van der Waals surface area contributed by atoms with Gasteiger partial charge in [0.2, 0.25) is 10.0 Å². The number of hydrogen-bond donors (Lipinski definition) is 2. The van der Waals surface area contributed by atoms with Gasteiger partial charge in [-0.25, -0.2) is 13.6 Å². The van der Waals surface area contributed by atoms with Crippen LogP contribution >= 0.6 is 0 Å². The first-order valence-corrected chi connectivity index (χ1v) is 5.21. The SMILES string of the molecule is NS(=O)(=O)c1cnn(CCC(=O)O)c1. The van der Waals surface area contributed by atoms with E-state index >= 15 is 0 Å². The zero-order valence-electron chi connectivity index (χ0n) is 7.12. The molecular formula is C6H9N3O4S. The van der Waals surface area contributed by atoms with E-state index in [0.29, 0.717) is 0 Å². The molecule has 0 aromatic carbocycles. The summed E-state index contributed by atoms with van der Waals surface area (Å²) in [6, 6.07) is 0. The Morgan fingerprint density at radius 1 is 1.64 bits per heavy atom. The van der Waals surface area contributed by atoms with Crippen LogP contribution in [0.2, 0.25) is 0 Å². The van der Waals surface area contributed by atoms with Gasteiger partial charge in [-0.1, -0.05) is 0 Å². The lowest BCUT2D eigenvalue weighted by atomic mass is 10.4. The lowest BCUT2D eigenvalue weighted by molar-refractivity contribution is -0.137. The number of primary sulfonamides is 1. The first kappa shape index (κ1) is 10.7. The Labute approximate surface area is 80.2 Å². The Morgan fingerprint density at radius 2 is 2.29 bits per heavy atom. The topological polar surface area (TPSA) is 115 Å². The number of carboxylic acids is 1. The molecule has 0 amide bonds. The number of carboxylic acid groups (broad SMARTS) is 1. The summed E-state index contributed by atoms with van der Waals surface area (Å²) in [5.41, 5.74) is 0. The number of nitrogens with zero attached hydrogens (tertiary/aromatic N) is 2. The summed E-state index contributed by atoms with van der Waals surface area (Å²) in [6.45, 7) is 0.116. The summed E-state index contributed by atoms with van der Waals surface area (Å²) in [5, 5.41) is 16.8. The van der Waals surface area contributed by atoms with Crippen molar-refractivity contribution < 1.29 is 18.3 Å². The fraction of sp³-hybridized carbons (Fsp3) is 0.333. The van der Waals surface area contributed by atoms with Crippen molar-refractivity contribution in [3.05, 3.63) is 12.4 Å². The second-order valence-corrected chi connectivity index (χ2v) is 4.19. The van der Waals surface area contributed by atoms with E-state index < -0.39 is 16.0 Å². The molecule has 0 spiro atoms. The molecule has 0 saturated heterocycles. The van der Waals surface area contributed by atoms with Crippen LogP contribution in [0.4, 0.5) is 0 Å². The van der Waals surface area contributed by atoms with Crippen molar-refractivity contribution in [3.63, 3.8) is 0 Å². The maximum absolute atomic E-state index is 10.8. The molecule has 0 aliphatic heterocycles. The Hall–Kier alpha value is -1.41. The van der Waals surface area contributed by atoms with Crippen LogP contribution in [-0.2, 0) is 21.4 Å². The highest BCUT2D eigenvalue weighted by Crippen LogP contribution is 2.04. The normalized spacial score (nSPS) is 11.5. The van der Waals surface area contributed by atoms with E-state index in [2.05, 4.69) is 5.10 Å². The fourth-order valence-electron chi connectivity index (χ4n) is 0.824. The molecule has 1 aromatic rings. The van der Waals surface area contributed by atoms with Crippen molar-refractivity contribution in [1.82, 2.24) is 9.78 Å². The molecular weight excluding hydrogens is 210 g/mol. The van der Waals surface area contributed by atoms with E-state index in [1.807, 2.05) is 0 Å². The largest absolute Gasteiger partial charge is 0.481 e. The molecule has 1 aromatic heterocycles. The molecule has 0 bridgehead atoms. The number of rotatable bonds is 4. The van der Waals surface area contributed by atoms with Gasteiger partial charge >= 0.3 is 5.97 Å². The minimum absolute atomic E-state index is 0.116. The second-order valence-electron chi connectivity index (χ2n) is 2.63. The Morgan fingerprint density at radius 3 is 2.71 bits per heavy atom. The van der Waals surface area contributed by atoms with Crippen molar-refractivity contribution in [2.75, 3.05) is 0 Å². The van der Waals surface area contributed by atoms with E-state index in [1.54, 1.807) is 0 Å². The van der Waals surface area contributed by atoms with Crippen molar-refractivity contribution in [3.8, 4) is 0 Å². The molecule has 8 heteroatoms. The standard InChI is InChI=1S/C6H9N3O4S/c7-14(12,13)5-3-8-9(4-5)2-1-6(10)11/h3-4H,1-2H2,(H,10,11)(H2,7,12,13). The van der Waals surface area contributed by atoms with Crippen LogP contribution < -0.4 is 5.14 Å². The number of aliphatic carboxylic acids is 1. The molecule has 1 rings (SSSR count). The number of nitrogens with two attached hydrogens (primary N) is 1. The van der Waals surface area contributed by atoms with Crippen molar-refractivity contribution in [1.29, 1.82) is 0 Å². The Balaban J connectivity index is 2.74. The number of sulfonamides is 1. The van der Waals surface area contributed by atoms with Gasteiger partial charge in [0.15, 0.2) is 0 Å². The third kappa shape index (κ3) is 2.82. The highest BCUT2D eigenvalue weighted by Gasteiger charge is 2.10. The van der Waals surface area contributed by atoms with Crippen LogP contribution in [0.25, 0.3) is 0 Å². The van der Waals surface area contributed by atoms with Gasteiger partial charge in [0.05, 0.1) is 19.2 Å². The zero-order valence-corrected chi connectivity index (χ0v) is 7.94. The van der Waals surface area contributed by atoms with Gasteiger partial charge in [-0.15, -0.1) is 0 Å². The summed E-state index contributed by atoms with van der Waals surface area (Å²) >= 11 is 0. The molecule has 0 unspecified atom stereocenters. The van der Waals surface area contributed by atoms with Gasteiger partial charge in [-0.05, 0) is 0 Å². The summed E-state index contributed by atoms with van der Waals surface area (Å²) in [4.78, 5) is 10.1. The molecule has 14 heavy (non-hydrogen) atoms. The summed E-state index contributed by atoms with van der Waals surface area (Å²) in [5.74, 6) is -0.974.